The van der Waals surface area contributed by atoms with Crippen LogP contribution in [-0.2, 0) is 6.42 Å². The first-order valence-electron chi connectivity index (χ1n) is 6.85. The Morgan fingerprint density at radius 3 is 2.61 bits per heavy atom. The molecule has 1 aromatic carbocycles. The Hall–Kier alpha value is -0.380. The Kier molecular flexibility index (Phi) is 4.15. The van der Waals surface area contributed by atoms with E-state index in [1.165, 1.54) is 19.3 Å². The molecule has 2 aliphatic rings. The van der Waals surface area contributed by atoms with Crippen LogP contribution in [0, 0.1) is 5.92 Å². The van der Waals surface area contributed by atoms with Crippen LogP contribution >= 0.6 is 0 Å². The fraction of sp³-hybridized carbons (Fsp3) is 0.562. The molecule has 0 aliphatic heterocycles. The first-order chi connectivity index (χ1) is 8.18. The average molecular weight is 355 g/mol. The molecular formula is C16H22IN. The van der Waals surface area contributed by atoms with E-state index in [0.29, 0.717) is 6.04 Å². The SMILES string of the molecule is CC(C)[N+](C)=C1CCC2c3ccccc3CC12.[I-]. The zero-order chi connectivity index (χ0) is 12.0. The number of nitrogens with zero attached hydrogens (tertiary/aromatic N) is 1. The fourth-order valence-electron chi connectivity index (χ4n) is 3.64. The highest BCUT2D eigenvalue weighted by Gasteiger charge is 2.44. The van der Waals surface area contributed by atoms with Crippen molar-refractivity contribution >= 4 is 5.71 Å². The third-order valence-corrected chi connectivity index (χ3v) is 4.75. The van der Waals surface area contributed by atoms with E-state index in [-0.39, 0.29) is 24.0 Å². The van der Waals surface area contributed by atoms with E-state index >= 15 is 0 Å². The molecule has 0 saturated heterocycles. The summed E-state index contributed by atoms with van der Waals surface area (Å²) in [4.78, 5) is 0. The Bertz CT molecular complexity index is 476. The van der Waals surface area contributed by atoms with Gasteiger partial charge in [0.05, 0.1) is 0 Å². The van der Waals surface area contributed by atoms with E-state index in [1.807, 2.05) is 0 Å². The Balaban J connectivity index is 0.00000120. The summed E-state index contributed by atoms with van der Waals surface area (Å²) in [7, 11) is 2.27. The van der Waals surface area contributed by atoms with Crippen molar-refractivity contribution in [2.24, 2.45) is 5.92 Å². The lowest BCUT2D eigenvalue weighted by Crippen LogP contribution is -3.00. The van der Waals surface area contributed by atoms with Crippen LogP contribution in [0.25, 0.3) is 0 Å². The molecule has 0 spiro atoms. The van der Waals surface area contributed by atoms with Crippen LogP contribution < -0.4 is 24.0 Å². The zero-order valence-electron chi connectivity index (χ0n) is 11.5. The van der Waals surface area contributed by atoms with Crippen molar-refractivity contribution in [2.75, 3.05) is 7.05 Å². The molecule has 0 heterocycles. The first kappa shape index (κ1) is 14.0. The van der Waals surface area contributed by atoms with Gasteiger partial charge in [0.2, 0.25) is 0 Å². The van der Waals surface area contributed by atoms with E-state index in [4.69, 9.17) is 0 Å². The highest BCUT2D eigenvalue weighted by Crippen LogP contribution is 2.46. The fourth-order valence-corrected chi connectivity index (χ4v) is 3.64. The number of halogens is 1. The van der Waals surface area contributed by atoms with Crippen LogP contribution in [0.4, 0.5) is 0 Å². The van der Waals surface area contributed by atoms with Crippen LogP contribution in [0.1, 0.15) is 43.7 Å². The van der Waals surface area contributed by atoms with E-state index in [1.54, 1.807) is 16.8 Å². The molecule has 0 bridgehead atoms. The molecule has 2 atom stereocenters. The topological polar surface area (TPSA) is 3.01 Å². The van der Waals surface area contributed by atoms with Gasteiger partial charge in [-0.25, -0.2) is 4.58 Å². The summed E-state index contributed by atoms with van der Waals surface area (Å²) in [6.45, 7) is 4.59. The predicted octanol–water partition coefficient (Wildman–Crippen LogP) is 0.232. The Morgan fingerprint density at radius 2 is 1.89 bits per heavy atom. The average Bonchev–Trinajstić information content (AvgIpc) is 2.86. The van der Waals surface area contributed by atoms with E-state index < -0.39 is 0 Å². The quantitative estimate of drug-likeness (QED) is 0.501. The van der Waals surface area contributed by atoms with Gasteiger partial charge in [-0.2, -0.15) is 0 Å². The molecule has 2 heteroatoms. The normalized spacial score (nSPS) is 27.8. The summed E-state index contributed by atoms with van der Waals surface area (Å²) in [5.74, 6) is 1.60. The van der Waals surface area contributed by atoms with Gasteiger partial charge >= 0.3 is 0 Å². The van der Waals surface area contributed by atoms with Gasteiger partial charge in [0, 0.05) is 12.3 Å². The van der Waals surface area contributed by atoms with Gasteiger partial charge in [-0.15, -0.1) is 0 Å². The summed E-state index contributed by atoms with van der Waals surface area (Å²) in [6, 6.07) is 9.68. The van der Waals surface area contributed by atoms with Gasteiger partial charge < -0.3 is 24.0 Å². The molecule has 1 nitrogen and oxygen atoms in total. The zero-order valence-corrected chi connectivity index (χ0v) is 13.6. The van der Waals surface area contributed by atoms with E-state index in [9.17, 15) is 0 Å². The molecule has 0 radical (unpaired) electrons. The van der Waals surface area contributed by atoms with E-state index in [2.05, 4.69) is 49.7 Å². The smallest absolute Gasteiger partial charge is 0.156 e. The molecule has 2 aliphatic carbocycles. The Labute approximate surface area is 127 Å². The van der Waals surface area contributed by atoms with Crippen molar-refractivity contribution in [3.05, 3.63) is 35.4 Å². The van der Waals surface area contributed by atoms with Crippen molar-refractivity contribution in [1.82, 2.24) is 0 Å². The Morgan fingerprint density at radius 1 is 1.17 bits per heavy atom. The van der Waals surface area contributed by atoms with Crippen LogP contribution in [-0.4, -0.2) is 23.4 Å². The summed E-state index contributed by atoms with van der Waals surface area (Å²) < 4.78 is 2.51. The number of rotatable bonds is 1. The second-order valence-electron chi connectivity index (χ2n) is 5.85. The molecule has 18 heavy (non-hydrogen) atoms. The van der Waals surface area contributed by atoms with Crippen LogP contribution in [0.3, 0.4) is 0 Å². The number of hydrogen-bond acceptors (Lipinski definition) is 0. The van der Waals surface area contributed by atoms with Gasteiger partial charge in [0.15, 0.2) is 5.71 Å². The van der Waals surface area contributed by atoms with Gasteiger partial charge in [0.1, 0.15) is 13.1 Å². The second-order valence-corrected chi connectivity index (χ2v) is 5.85. The largest absolute Gasteiger partial charge is 1.00 e. The number of benzene rings is 1. The standard InChI is InChI=1S/C16H22N.HI/c1-11(2)17(3)16-9-8-14-13-7-5-4-6-12(13)10-15(14)16;/h4-7,11,14-15H,8-10H2,1-3H3;1H/q+1;/p-1. The van der Waals surface area contributed by atoms with Crippen molar-refractivity contribution in [3.63, 3.8) is 0 Å². The van der Waals surface area contributed by atoms with Crippen LogP contribution in [0.2, 0.25) is 0 Å². The summed E-state index contributed by atoms with van der Waals surface area (Å²) >= 11 is 0. The van der Waals surface area contributed by atoms with Gasteiger partial charge in [-0.3, -0.25) is 0 Å². The third-order valence-electron chi connectivity index (χ3n) is 4.75. The molecule has 0 amide bonds. The van der Waals surface area contributed by atoms with Crippen LogP contribution in [0.15, 0.2) is 24.3 Å². The molecule has 1 saturated carbocycles. The maximum Gasteiger partial charge on any atom is 0.156 e. The van der Waals surface area contributed by atoms with Crippen LogP contribution in [0.5, 0.6) is 0 Å². The van der Waals surface area contributed by atoms with Crippen molar-refractivity contribution in [3.8, 4) is 0 Å². The van der Waals surface area contributed by atoms with Crippen molar-refractivity contribution < 1.29 is 28.6 Å². The highest BCUT2D eigenvalue weighted by atomic mass is 127. The molecule has 1 fully saturated rings. The van der Waals surface area contributed by atoms with E-state index in [0.717, 1.165) is 11.8 Å². The first-order valence-corrected chi connectivity index (χ1v) is 6.85. The lowest BCUT2D eigenvalue weighted by atomic mass is 9.95. The maximum atomic E-state index is 2.51. The summed E-state index contributed by atoms with van der Waals surface area (Å²) in [6.07, 6.45) is 3.93. The minimum Gasteiger partial charge on any atom is -1.00 e. The summed E-state index contributed by atoms with van der Waals surface area (Å²) in [5.41, 5.74) is 4.92. The summed E-state index contributed by atoms with van der Waals surface area (Å²) in [5, 5.41) is 0. The van der Waals surface area contributed by atoms with Gasteiger partial charge in [-0.05, 0) is 43.7 Å². The molecule has 1 aromatic rings. The molecular weight excluding hydrogens is 333 g/mol. The molecule has 3 rings (SSSR count). The van der Waals surface area contributed by atoms with Crippen molar-refractivity contribution in [1.29, 1.82) is 0 Å². The number of fused-ring (bicyclic) bond motifs is 3. The minimum absolute atomic E-state index is 0. The monoisotopic (exact) mass is 355 g/mol. The van der Waals surface area contributed by atoms with Crippen molar-refractivity contribution in [2.45, 2.75) is 45.1 Å². The third kappa shape index (κ3) is 2.13. The molecule has 98 valence electrons. The lowest BCUT2D eigenvalue weighted by molar-refractivity contribution is -0.532. The molecule has 2 unspecified atom stereocenters. The van der Waals surface area contributed by atoms with Gasteiger partial charge in [0.25, 0.3) is 0 Å². The minimum atomic E-state index is 0. The molecule has 0 aromatic heterocycles. The molecule has 0 N–H and O–H groups in total. The second kappa shape index (κ2) is 5.32. The predicted molar refractivity (Wildman–Crippen MR) is 71.9 cm³/mol. The highest BCUT2D eigenvalue weighted by molar-refractivity contribution is 5.87. The maximum absolute atomic E-state index is 2.51. The number of hydrogen-bond donors (Lipinski definition) is 0. The lowest BCUT2D eigenvalue weighted by Gasteiger charge is -2.11. The van der Waals surface area contributed by atoms with Gasteiger partial charge in [-0.1, -0.05) is 24.3 Å².